The monoisotopic (exact) mass is 272 g/mol. The number of nitrogens with zero attached hydrogens (tertiary/aromatic N) is 4. The van der Waals surface area contributed by atoms with E-state index in [0.717, 1.165) is 24.9 Å². The maximum Gasteiger partial charge on any atom is 0.228 e. The minimum Gasteiger partial charge on any atom is -0.335 e. The standard InChI is InChI=1S/C15H20N4O/c1-4-15(2,3)14(20)19-9-8-13(19)11-6-5-7-12(10-11)17-18-16/h5-7,10,13H,4,8-9H2,1-3H3. The van der Waals surface area contributed by atoms with Crippen LogP contribution < -0.4 is 0 Å². The molecule has 0 saturated carbocycles. The molecule has 1 aromatic rings. The second-order valence-electron chi connectivity index (χ2n) is 5.82. The third-order valence-electron chi connectivity index (χ3n) is 4.16. The largest absolute Gasteiger partial charge is 0.335 e. The molecule has 5 heteroatoms. The number of benzene rings is 1. The summed E-state index contributed by atoms with van der Waals surface area (Å²) in [4.78, 5) is 17.2. The van der Waals surface area contributed by atoms with Crippen molar-refractivity contribution in [2.24, 2.45) is 10.5 Å². The molecule has 1 unspecified atom stereocenters. The highest BCUT2D eigenvalue weighted by molar-refractivity contribution is 5.83. The minimum absolute atomic E-state index is 0.113. The van der Waals surface area contributed by atoms with E-state index in [4.69, 9.17) is 5.53 Å². The molecule has 1 aromatic carbocycles. The first-order valence-electron chi connectivity index (χ1n) is 6.95. The molecule has 0 aliphatic carbocycles. The number of carbonyl (C=O) groups excluding carboxylic acids is 1. The fraction of sp³-hybridized carbons (Fsp3) is 0.533. The maximum atomic E-state index is 12.5. The summed E-state index contributed by atoms with van der Waals surface area (Å²) in [5.41, 5.74) is 9.81. The van der Waals surface area contributed by atoms with Crippen LogP contribution in [0.4, 0.5) is 5.69 Å². The molecule has 0 bridgehead atoms. The van der Waals surface area contributed by atoms with E-state index in [1.807, 2.05) is 43.9 Å². The Morgan fingerprint density at radius 2 is 2.30 bits per heavy atom. The van der Waals surface area contributed by atoms with Gasteiger partial charge in [0.05, 0.1) is 6.04 Å². The van der Waals surface area contributed by atoms with E-state index in [0.29, 0.717) is 5.69 Å². The minimum atomic E-state index is -0.318. The summed E-state index contributed by atoms with van der Waals surface area (Å²) in [5, 5.41) is 3.62. The van der Waals surface area contributed by atoms with Gasteiger partial charge in [0, 0.05) is 22.6 Å². The number of rotatable bonds is 4. The van der Waals surface area contributed by atoms with Gasteiger partial charge >= 0.3 is 0 Å². The predicted octanol–water partition coefficient (Wildman–Crippen LogP) is 4.34. The topological polar surface area (TPSA) is 69.1 Å². The van der Waals surface area contributed by atoms with Crippen molar-refractivity contribution in [2.45, 2.75) is 39.7 Å². The molecule has 5 nitrogen and oxygen atoms in total. The second-order valence-corrected chi connectivity index (χ2v) is 5.82. The molecular formula is C15H20N4O. The van der Waals surface area contributed by atoms with Gasteiger partial charge in [-0.05, 0) is 30.0 Å². The number of hydrogen-bond acceptors (Lipinski definition) is 2. The Balaban J connectivity index is 2.20. The number of azide groups is 1. The van der Waals surface area contributed by atoms with Gasteiger partial charge in [0.15, 0.2) is 0 Å². The zero-order valence-electron chi connectivity index (χ0n) is 12.2. The van der Waals surface area contributed by atoms with Crippen molar-refractivity contribution in [3.63, 3.8) is 0 Å². The van der Waals surface area contributed by atoms with Gasteiger partial charge in [-0.3, -0.25) is 4.79 Å². The molecule has 106 valence electrons. The third kappa shape index (κ3) is 2.63. The van der Waals surface area contributed by atoms with Crippen LogP contribution in [0, 0.1) is 5.41 Å². The average Bonchev–Trinajstić information content (AvgIpc) is 2.38. The van der Waals surface area contributed by atoms with Crippen molar-refractivity contribution in [2.75, 3.05) is 6.54 Å². The highest BCUT2D eigenvalue weighted by Gasteiger charge is 2.39. The van der Waals surface area contributed by atoms with Crippen LogP contribution in [0.1, 0.15) is 45.2 Å². The lowest BCUT2D eigenvalue weighted by molar-refractivity contribution is -0.149. The third-order valence-corrected chi connectivity index (χ3v) is 4.16. The lowest BCUT2D eigenvalue weighted by Crippen LogP contribution is -2.50. The fourth-order valence-electron chi connectivity index (χ4n) is 2.36. The Kier molecular flexibility index (Phi) is 4.00. The average molecular weight is 272 g/mol. The van der Waals surface area contributed by atoms with Gasteiger partial charge in [-0.15, -0.1) is 0 Å². The van der Waals surface area contributed by atoms with E-state index in [9.17, 15) is 4.79 Å². The van der Waals surface area contributed by atoms with E-state index >= 15 is 0 Å². The highest BCUT2D eigenvalue weighted by Crippen LogP contribution is 2.38. The van der Waals surface area contributed by atoms with Gasteiger partial charge in [0.2, 0.25) is 5.91 Å². The van der Waals surface area contributed by atoms with Crippen LogP contribution >= 0.6 is 0 Å². The van der Waals surface area contributed by atoms with E-state index < -0.39 is 0 Å². The molecule has 20 heavy (non-hydrogen) atoms. The fourth-order valence-corrected chi connectivity index (χ4v) is 2.36. The number of amides is 1. The summed E-state index contributed by atoms with van der Waals surface area (Å²) in [6.07, 6.45) is 1.79. The summed E-state index contributed by atoms with van der Waals surface area (Å²) in [6, 6.07) is 7.60. The molecule has 0 aromatic heterocycles. The summed E-state index contributed by atoms with van der Waals surface area (Å²) in [6.45, 7) is 6.82. The zero-order chi connectivity index (χ0) is 14.8. The predicted molar refractivity (Wildman–Crippen MR) is 78.4 cm³/mol. The van der Waals surface area contributed by atoms with Crippen LogP contribution in [0.25, 0.3) is 10.4 Å². The smallest absolute Gasteiger partial charge is 0.228 e. The molecule has 1 heterocycles. The zero-order valence-corrected chi connectivity index (χ0v) is 12.2. The van der Waals surface area contributed by atoms with Crippen molar-refractivity contribution < 1.29 is 4.79 Å². The van der Waals surface area contributed by atoms with E-state index in [1.165, 1.54) is 0 Å². The van der Waals surface area contributed by atoms with Crippen LogP contribution in [0.15, 0.2) is 29.4 Å². The van der Waals surface area contributed by atoms with E-state index in [1.54, 1.807) is 6.07 Å². The molecule has 1 atom stereocenters. The lowest BCUT2D eigenvalue weighted by Gasteiger charge is -2.45. The van der Waals surface area contributed by atoms with Crippen LogP contribution in [-0.2, 0) is 4.79 Å². The Hall–Kier alpha value is -2.00. The first kappa shape index (κ1) is 14.4. The van der Waals surface area contributed by atoms with Crippen molar-refractivity contribution in [1.29, 1.82) is 0 Å². The molecule has 1 saturated heterocycles. The summed E-state index contributed by atoms with van der Waals surface area (Å²) >= 11 is 0. The molecule has 1 amide bonds. The van der Waals surface area contributed by atoms with Crippen molar-refractivity contribution in [1.82, 2.24) is 4.90 Å². The summed E-state index contributed by atoms with van der Waals surface area (Å²) in [7, 11) is 0. The van der Waals surface area contributed by atoms with E-state index in [2.05, 4.69) is 10.0 Å². The quantitative estimate of drug-likeness (QED) is 0.456. The van der Waals surface area contributed by atoms with Gasteiger partial charge in [-0.25, -0.2) is 0 Å². The molecule has 0 N–H and O–H groups in total. The van der Waals surface area contributed by atoms with Crippen LogP contribution in [0.2, 0.25) is 0 Å². The van der Waals surface area contributed by atoms with Crippen molar-refractivity contribution in [3.05, 3.63) is 40.3 Å². The molecule has 0 radical (unpaired) electrons. The normalized spacial score (nSPS) is 18.1. The molecule has 0 spiro atoms. The Labute approximate surface area is 119 Å². The molecule has 1 aliphatic rings. The van der Waals surface area contributed by atoms with Gasteiger partial charge in [-0.1, -0.05) is 44.1 Å². The number of hydrogen-bond donors (Lipinski definition) is 0. The molecular weight excluding hydrogens is 252 g/mol. The summed E-state index contributed by atoms with van der Waals surface area (Å²) < 4.78 is 0. The van der Waals surface area contributed by atoms with Gasteiger partial charge < -0.3 is 4.90 Å². The van der Waals surface area contributed by atoms with Gasteiger partial charge in [0.1, 0.15) is 0 Å². The van der Waals surface area contributed by atoms with Gasteiger partial charge in [0.25, 0.3) is 0 Å². The van der Waals surface area contributed by atoms with Crippen LogP contribution in [0.3, 0.4) is 0 Å². The molecule has 2 rings (SSSR count). The highest BCUT2D eigenvalue weighted by atomic mass is 16.2. The number of carbonyl (C=O) groups is 1. The SMILES string of the molecule is CCC(C)(C)C(=O)N1CCC1c1cccc(N=[N+]=[N-])c1. The van der Waals surface area contributed by atoms with Gasteiger partial charge in [-0.2, -0.15) is 0 Å². The first-order chi connectivity index (χ1) is 9.49. The second kappa shape index (κ2) is 5.55. The molecule has 1 fully saturated rings. The van der Waals surface area contributed by atoms with Crippen LogP contribution in [-0.4, -0.2) is 17.4 Å². The lowest BCUT2D eigenvalue weighted by atomic mass is 9.84. The summed E-state index contributed by atoms with van der Waals surface area (Å²) in [5.74, 6) is 0.199. The first-order valence-corrected chi connectivity index (χ1v) is 6.95. The van der Waals surface area contributed by atoms with Crippen molar-refractivity contribution >= 4 is 11.6 Å². The molecule has 1 aliphatic heterocycles. The maximum absolute atomic E-state index is 12.5. The Morgan fingerprint density at radius 3 is 2.85 bits per heavy atom. The number of likely N-dealkylation sites (tertiary alicyclic amines) is 1. The van der Waals surface area contributed by atoms with Crippen LogP contribution in [0.5, 0.6) is 0 Å². The Morgan fingerprint density at radius 1 is 1.55 bits per heavy atom. The van der Waals surface area contributed by atoms with Crippen molar-refractivity contribution in [3.8, 4) is 0 Å². The Bertz CT molecular complexity index is 561. The van der Waals surface area contributed by atoms with E-state index in [-0.39, 0.29) is 17.4 Å².